The number of nitrogens with one attached hydrogen (secondary N) is 1. The highest BCUT2D eigenvalue weighted by molar-refractivity contribution is 5.52. The minimum atomic E-state index is -0.499. The third-order valence-electron chi connectivity index (χ3n) is 3.58. The number of likely N-dealkylation sites (tertiary alicyclic amines) is 1. The van der Waals surface area contributed by atoms with Crippen molar-refractivity contribution in [3.63, 3.8) is 0 Å². The van der Waals surface area contributed by atoms with Crippen LogP contribution in [0, 0.1) is 11.3 Å². The Morgan fingerprint density at radius 1 is 1.56 bits per heavy atom. The van der Waals surface area contributed by atoms with Crippen LogP contribution in [0.2, 0.25) is 0 Å². The first kappa shape index (κ1) is 12.7. The molecule has 4 heteroatoms. The molecule has 4 nitrogen and oxygen atoms in total. The second-order valence-corrected chi connectivity index (χ2v) is 5.02. The fraction of sp³-hybridized carbons (Fsp3) is 0.500. The molecular formula is C14H19N3O. The molecule has 0 radical (unpaired) electrons. The summed E-state index contributed by atoms with van der Waals surface area (Å²) in [6.45, 7) is 2.88. The maximum absolute atomic E-state index is 9.47. The van der Waals surface area contributed by atoms with Gasteiger partial charge in [0, 0.05) is 30.8 Å². The van der Waals surface area contributed by atoms with Gasteiger partial charge in [0.2, 0.25) is 0 Å². The Hall–Kier alpha value is -1.73. The molecule has 18 heavy (non-hydrogen) atoms. The van der Waals surface area contributed by atoms with Crippen molar-refractivity contribution in [2.75, 3.05) is 26.0 Å². The maximum atomic E-state index is 9.47. The Kier molecular flexibility index (Phi) is 3.44. The van der Waals surface area contributed by atoms with E-state index in [2.05, 4.69) is 30.3 Å². The van der Waals surface area contributed by atoms with Crippen molar-refractivity contribution in [3.05, 3.63) is 24.3 Å². The number of likely N-dealkylation sites (N-methyl/N-ethyl adjacent to an activating group) is 1. The van der Waals surface area contributed by atoms with Crippen LogP contribution in [0.25, 0.3) is 0 Å². The quantitative estimate of drug-likeness (QED) is 0.886. The number of rotatable bonds is 3. The first-order chi connectivity index (χ1) is 8.58. The summed E-state index contributed by atoms with van der Waals surface area (Å²) in [4.78, 5) is 2.20. The summed E-state index contributed by atoms with van der Waals surface area (Å²) in [7, 11) is 3.70. The second kappa shape index (κ2) is 4.87. The van der Waals surface area contributed by atoms with Crippen LogP contribution in [0.1, 0.15) is 13.3 Å². The average Bonchev–Trinajstić information content (AvgIpc) is 2.65. The molecule has 1 aromatic carbocycles. The fourth-order valence-electron chi connectivity index (χ4n) is 2.48. The molecule has 96 valence electrons. The van der Waals surface area contributed by atoms with E-state index in [1.54, 1.807) is 7.11 Å². The van der Waals surface area contributed by atoms with Crippen LogP contribution in [0.15, 0.2) is 24.3 Å². The molecule has 1 aliphatic rings. The van der Waals surface area contributed by atoms with E-state index >= 15 is 0 Å². The molecule has 1 saturated heterocycles. The Balaban J connectivity index is 2.19. The van der Waals surface area contributed by atoms with E-state index in [-0.39, 0.29) is 0 Å². The molecule has 2 unspecified atom stereocenters. The van der Waals surface area contributed by atoms with Crippen molar-refractivity contribution in [3.8, 4) is 11.8 Å². The molecule has 2 atom stereocenters. The number of nitrogens with zero attached hydrogens (tertiary/aromatic N) is 2. The summed E-state index contributed by atoms with van der Waals surface area (Å²) in [5.41, 5.74) is 0.430. The van der Waals surface area contributed by atoms with Crippen molar-refractivity contribution in [2.24, 2.45) is 0 Å². The van der Waals surface area contributed by atoms with Gasteiger partial charge in [-0.1, -0.05) is 6.07 Å². The van der Waals surface area contributed by atoms with Crippen LogP contribution in [0.5, 0.6) is 5.75 Å². The molecular weight excluding hydrogens is 226 g/mol. The molecule has 1 fully saturated rings. The second-order valence-electron chi connectivity index (χ2n) is 5.02. The van der Waals surface area contributed by atoms with Crippen LogP contribution < -0.4 is 10.1 Å². The molecule has 0 bridgehead atoms. The van der Waals surface area contributed by atoms with Crippen molar-refractivity contribution in [1.82, 2.24) is 4.90 Å². The minimum Gasteiger partial charge on any atom is -0.497 e. The predicted octanol–water partition coefficient (Wildman–Crippen LogP) is 2.09. The third kappa shape index (κ3) is 2.41. The molecule has 0 amide bonds. The van der Waals surface area contributed by atoms with E-state index in [0.29, 0.717) is 6.04 Å². The number of anilines is 1. The summed E-state index contributed by atoms with van der Waals surface area (Å²) >= 11 is 0. The molecule has 2 rings (SSSR count). The summed E-state index contributed by atoms with van der Waals surface area (Å²) in [5.74, 6) is 0.799. The number of hydrogen-bond donors (Lipinski definition) is 1. The topological polar surface area (TPSA) is 48.3 Å². The maximum Gasteiger partial charge on any atom is 0.139 e. The van der Waals surface area contributed by atoms with Gasteiger partial charge in [-0.25, -0.2) is 0 Å². The molecule has 0 aliphatic carbocycles. The summed E-state index contributed by atoms with van der Waals surface area (Å²) in [5, 5.41) is 12.8. The molecule has 1 N–H and O–H groups in total. The van der Waals surface area contributed by atoms with Gasteiger partial charge in [0.1, 0.15) is 11.3 Å². The Morgan fingerprint density at radius 2 is 2.33 bits per heavy atom. The molecule has 0 saturated carbocycles. The lowest BCUT2D eigenvalue weighted by atomic mass is 9.98. The van der Waals surface area contributed by atoms with Crippen LogP contribution in [-0.4, -0.2) is 37.2 Å². The number of ether oxygens (including phenoxy) is 1. The van der Waals surface area contributed by atoms with Gasteiger partial charge in [-0.15, -0.1) is 0 Å². The zero-order chi connectivity index (χ0) is 13.2. The molecule has 1 aromatic rings. The van der Waals surface area contributed by atoms with Crippen molar-refractivity contribution in [1.29, 1.82) is 5.26 Å². The van der Waals surface area contributed by atoms with E-state index in [1.165, 1.54) is 0 Å². The highest BCUT2D eigenvalue weighted by Gasteiger charge is 2.41. The Bertz CT molecular complexity index is 456. The fourth-order valence-corrected chi connectivity index (χ4v) is 2.48. The van der Waals surface area contributed by atoms with Gasteiger partial charge in [0.15, 0.2) is 0 Å². The standard InChI is InChI=1S/C14H19N3O/c1-11-8-14(9-15,10-17(11)2)16-12-5-4-6-13(7-12)18-3/h4-7,11,16H,8,10H2,1-3H3. The number of nitriles is 1. The van der Waals surface area contributed by atoms with Gasteiger partial charge in [0.05, 0.1) is 13.2 Å². The SMILES string of the molecule is COc1cccc(NC2(C#N)CC(C)N(C)C2)c1. The molecule has 0 aromatic heterocycles. The number of hydrogen-bond acceptors (Lipinski definition) is 4. The first-order valence-corrected chi connectivity index (χ1v) is 6.12. The van der Waals surface area contributed by atoms with E-state index in [9.17, 15) is 5.26 Å². The van der Waals surface area contributed by atoms with Gasteiger partial charge in [-0.2, -0.15) is 5.26 Å². The largest absolute Gasteiger partial charge is 0.497 e. The molecule has 1 heterocycles. The predicted molar refractivity (Wildman–Crippen MR) is 71.7 cm³/mol. The normalized spacial score (nSPS) is 27.8. The van der Waals surface area contributed by atoms with Crippen molar-refractivity contribution in [2.45, 2.75) is 24.9 Å². The van der Waals surface area contributed by atoms with Gasteiger partial charge >= 0.3 is 0 Å². The monoisotopic (exact) mass is 245 g/mol. The van der Waals surface area contributed by atoms with Crippen LogP contribution in [0.4, 0.5) is 5.69 Å². The Labute approximate surface area is 108 Å². The third-order valence-corrected chi connectivity index (χ3v) is 3.58. The highest BCUT2D eigenvalue weighted by Crippen LogP contribution is 2.30. The smallest absolute Gasteiger partial charge is 0.139 e. The lowest BCUT2D eigenvalue weighted by molar-refractivity contribution is 0.327. The average molecular weight is 245 g/mol. The van der Waals surface area contributed by atoms with Gasteiger partial charge in [-0.05, 0) is 26.1 Å². The minimum absolute atomic E-state index is 0.419. The molecule has 0 spiro atoms. The van der Waals surface area contributed by atoms with E-state index in [1.807, 2.05) is 24.3 Å². The zero-order valence-corrected chi connectivity index (χ0v) is 11.1. The van der Waals surface area contributed by atoms with E-state index in [0.717, 1.165) is 24.4 Å². The summed E-state index contributed by atoms with van der Waals surface area (Å²) in [6, 6.07) is 10.6. The number of methoxy groups -OCH3 is 1. The summed E-state index contributed by atoms with van der Waals surface area (Å²) < 4.78 is 5.19. The van der Waals surface area contributed by atoms with Crippen LogP contribution in [-0.2, 0) is 0 Å². The summed E-state index contributed by atoms with van der Waals surface area (Å²) in [6.07, 6.45) is 0.831. The van der Waals surface area contributed by atoms with Gasteiger partial charge in [0.25, 0.3) is 0 Å². The van der Waals surface area contributed by atoms with E-state index in [4.69, 9.17) is 4.74 Å². The zero-order valence-electron chi connectivity index (χ0n) is 11.1. The Morgan fingerprint density at radius 3 is 2.89 bits per heavy atom. The van der Waals surface area contributed by atoms with Crippen molar-refractivity contribution < 1.29 is 4.74 Å². The van der Waals surface area contributed by atoms with Gasteiger partial charge in [-0.3, -0.25) is 0 Å². The molecule has 1 aliphatic heterocycles. The lowest BCUT2D eigenvalue weighted by Gasteiger charge is -2.23. The first-order valence-electron chi connectivity index (χ1n) is 6.12. The van der Waals surface area contributed by atoms with Gasteiger partial charge < -0.3 is 15.0 Å². The lowest BCUT2D eigenvalue weighted by Crippen LogP contribution is -2.39. The number of benzene rings is 1. The highest BCUT2D eigenvalue weighted by atomic mass is 16.5. The van der Waals surface area contributed by atoms with E-state index < -0.39 is 5.54 Å². The van der Waals surface area contributed by atoms with Crippen molar-refractivity contribution >= 4 is 5.69 Å². The van der Waals surface area contributed by atoms with Crippen LogP contribution in [0.3, 0.4) is 0 Å². The van der Waals surface area contributed by atoms with Crippen LogP contribution >= 0.6 is 0 Å².